The van der Waals surface area contributed by atoms with Crippen molar-refractivity contribution in [2.75, 3.05) is 39.8 Å². The van der Waals surface area contributed by atoms with E-state index in [4.69, 9.17) is 9.47 Å². The highest BCUT2D eigenvalue weighted by Gasteiger charge is 2.31. The Morgan fingerprint density at radius 3 is 2.77 bits per heavy atom. The summed E-state index contributed by atoms with van der Waals surface area (Å²) < 4.78 is 11.7. The number of nitrogens with zero attached hydrogens (tertiary/aromatic N) is 2. The van der Waals surface area contributed by atoms with Crippen LogP contribution in [0.25, 0.3) is 0 Å². The summed E-state index contributed by atoms with van der Waals surface area (Å²) in [5.41, 5.74) is 1.77. The Kier molecular flexibility index (Phi) is 10.5. The molecule has 3 N–H and O–H groups in total. The summed E-state index contributed by atoms with van der Waals surface area (Å²) >= 11 is 1.54. The fraction of sp³-hybridized carbons (Fsp3) is 0.571. The van der Waals surface area contributed by atoms with E-state index in [1.54, 1.807) is 7.11 Å². The van der Waals surface area contributed by atoms with Gasteiger partial charge in [-0.1, -0.05) is 6.07 Å². The van der Waals surface area contributed by atoms with Gasteiger partial charge in [0.15, 0.2) is 11.5 Å². The lowest BCUT2D eigenvalue weighted by Crippen LogP contribution is -2.41. The summed E-state index contributed by atoms with van der Waals surface area (Å²) in [6.07, 6.45) is 3.82. The number of aryl methyl sites for hydroxylation is 2. The molecule has 4 heterocycles. The summed E-state index contributed by atoms with van der Waals surface area (Å²) in [4.78, 5) is 44.5. The highest BCUT2D eigenvalue weighted by atomic mass is 32.1. The van der Waals surface area contributed by atoms with Gasteiger partial charge in [-0.3, -0.25) is 14.4 Å². The zero-order chi connectivity index (χ0) is 27.6. The summed E-state index contributed by atoms with van der Waals surface area (Å²) in [5.74, 6) is 1.22. The van der Waals surface area contributed by atoms with Crippen LogP contribution in [-0.4, -0.2) is 79.6 Å². The number of aromatic nitrogens is 1. The second-order valence-electron chi connectivity index (χ2n) is 10.0. The average Bonchev–Trinajstić information content (AvgIpc) is 3.57. The van der Waals surface area contributed by atoms with Crippen molar-refractivity contribution >= 4 is 29.1 Å². The van der Waals surface area contributed by atoms with Crippen LogP contribution in [0.15, 0.2) is 23.6 Å². The SMILES string of the molecule is COc1cc2ccc1O[C@@H]1CN[C@@H](C1)C(=O)NCCCCN(C(=O)Cc1csc(C)n1)CCCNC(=O)CC2. The van der Waals surface area contributed by atoms with Gasteiger partial charge in [0, 0.05) is 50.9 Å². The molecule has 1 saturated heterocycles. The van der Waals surface area contributed by atoms with Crippen molar-refractivity contribution in [3.05, 3.63) is 39.8 Å². The number of hydrogen-bond donors (Lipinski definition) is 3. The maximum Gasteiger partial charge on any atom is 0.237 e. The highest BCUT2D eigenvalue weighted by molar-refractivity contribution is 7.09. The molecule has 1 aromatic carbocycles. The van der Waals surface area contributed by atoms with Gasteiger partial charge >= 0.3 is 0 Å². The molecular formula is C28H39N5O5S. The van der Waals surface area contributed by atoms with Gasteiger partial charge in [-0.15, -0.1) is 11.3 Å². The molecule has 0 spiro atoms. The Labute approximate surface area is 233 Å². The van der Waals surface area contributed by atoms with Crippen molar-refractivity contribution in [1.82, 2.24) is 25.8 Å². The summed E-state index contributed by atoms with van der Waals surface area (Å²) in [5, 5.41) is 12.1. The van der Waals surface area contributed by atoms with Gasteiger partial charge < -0.3 is 30.3 Å². The molecule has 1 fully saturated rings. The number of nitrogens with one attached hydrogen (secondary N) is 3. The summed E-state index contributed by atoms with van der Waals surface area (Å²) in [6, 6.07) is 5.39. The van der Waals surface area contributed by atoms with E-state index in [0.29, 0.717) is 69.9 Å². The molecule has 0 aliphatic carbocycles. The van der Waals surface area contributed by atoms with Crippen molar-refractivity contribution in [3.8, 4) is 11.5 Å². The Morgan fingerprint density at radius 2 is 1.97 bits per heavy atom. The van der Waals surface area contributed by atoms with Gasteiger partial charge in [0.1, 0.15) is 6.10 Å². The zero-order valence-corrected chi connectivity index (χ0v) is 23.6. The molecule has 1 aromatic heterocycles. The molecule has 212 valence electrons. The van der Waals surface area contributed by atoms with Crippen LogP contribution < -0.4 is 25.4 Å². The molecule has 10 nitrogen and oxygen atoms in total. The van der Waals surface area contributed by atoms with E-state index < -0.39 is 0 Å². The van der Waals surface area contributed by atoms with Crippen LogP contribution in [0, 0.1) is 6.92 Å². The number of rotatable bonds is 3. The standard InChI is InChI=1S/C28H39N5O5S/c1-19-32-21(18-39-19)15-27(35)33-12-4-3-10-30-28(36)23-16-22(17-31-23)38-24-8-6-20(14-25(24)37-2)7-9-26(34)29-11-5-13-33/h6,8,14,18,22-23,31H,3-5,7,9-13,15-17H2,1-2H3,(H,29,34)(H,30,36)/t22-,23-/m0/s1. The third-order valence-corrected chi connectivity index (χ3v) is 7.82. The molecular weight excluding hydrogens is 518 g/mol. The van der Waals surface area contributed by atoms with Crippen LogP contribution >= 0.6 is 11.3 Å². The number of carbonyl (C=O) groups is 3. The Hall–Kier alpha value is -3.18. The van der Waals surface area contributed by atoms with Crippen LogP contribution in [-0.2, 0) is 27.2 Å². The Balaban J connectivity index is 1.39. The van der Waals surface area contributed by atoms with Gasteiger partial charge in [-0.2, -0.15) is 0 Å². The van der Waals surface area contributed by atoms with Gasteiger partial charge in [0.2, 0.25) is 17.7 Å². The molecule has 3 amide bonds. The summed E-state index contributed by atoms with van der Waals surface area (Å²) in [6.45, 7) is 4.70. The zero-order valence-electron chi connectivity index (χ0n) is 22.8. The van der Waals surface area contributed by atoms with Crippen LogP contribution in [0.2, 0.25) is 0 Å². The lowest BCUT2D eigenvalue weighted by atomic mass is 10.1. The third kappa shape index (κ3) is 8.66. The van der Waals surface area contributed by atoms with Gasteiger partial charge in [-0.05, 0) is 50.3 Å². The number of thiazole rings is 1. The summed E-state index contributed by atoms with van der Waals surface area (Å²) in [7, 11) is 1.60. The number of amides is 3. The molecule has 3 aliphatic heterocycles. The highest BCUT2D eigenvalue weighted by Crippen LogP contribution is 2.30. The molecule has 2 atom stereocenters. The van der Waals surface area contributed by atoms with Crippen LogP contribution in [0.1, 0.15) is 48.4 Å². The second-order valence-corrected chi connectivity index (χ2v) is 11.1. The first kappa shape index (κ1) is 28.8. The minimum atomic E-state index is -0.309. The van der Waals surface area contributed by atoms with Crippen LogP contribution in [0.3, 0.4) is 0 Å². The van der Waals surface area contributed by atoms with Crippen molar-refractivity contribution in [2.24, 2.45) is 0 Å². The van der Waals surface area contributed by atoms with E-state index in [1.165, 1.54) is 11.3 Å². The number of benzene rings is 1. The quantitative estimate of drug-likeness (QED) is 0.528. The molecule has 5 rings (SSSR count). The number of carbonyl (C=O) groups excluding carboxylic acids is 3. The van der Waals surface area contributed by atoms with Crippen LogP contribution in [0.4, 0.5) is 0 Å². The average molecular weight is 558 g/mol. The van der Waals surface area contributed by atoms with Crippen molar-refractivity contribution in [3.63, 3.8) is 0 Å². The van der Waals surface area contributed by atoms with Crippen molar-refractivity contribution in [1.29, 1.82) is 0 Å². The maximum absolute atomic E-state index is 13.0. The first-order chi connectivity index (χ1) is 18.9. The van der Waals surface area contributed by atoms with Crippen LogP contribution in [0.5, 0.6) is 11.5 Å². The topological polar surface area (TPSA) is 122 Å². The molecule has 0 radical (unpaired) electrons. The fourth-order valence-corrected chi connectivity index (χ4v) is 5.47. The maximum atomic E-state index is 13.0. The minimum Gasteiger partial charge on any atom is -0.493 e. The minimum absolute atomic E-state index is 0.0222. The van der Waals surface area contributed by atoms with Crippen molar-refractivity contribution < 1.29 is 23.9 Å². The molecule has 3 aliphatic rings. The molecule has 0 unspecified atom stereocenters. The van der Waals surface area contributed by atoms with E-state index in [0.717, 1.165) is 29.1 Å². The predicted octanol–water partition coefficient (Wildman–Crippen LogP) is 1.99. The first-order valence-corrected chi connectivity index (χ1v) is 14.6. The second kappa shape index (κ2) is 14.3. The first-order valence-electron chi connectivity index (χ1n) is 13.7. The number of methoxy groups -OCH3 is 1. The largest absolute Gasteiger partial charge is 0.493 e. The molecule has 11 heteroatoms. The monoisotopic (exact) mass is 557 g/mol. The Bertz CT molecular complexity index is 1140. The van der Waals surface area contributed by atoms with Gasteiger partial charge in [0.05, 0.1) is 30.3 Å². The van der Waals surface area contributed by atoms with Gasteiger partial charge in [-0.25, -0.2) is 4.98 Å². The molecule has 39 heavy (non-hydrogen) atoms. The molecule has 4 bridgehead atoms. The molecule has 0 saturated carbocycles. The van der Waals surface area contributed by atoms with E-state index in [-0.39, 0.29) is 36.3 Å². The van der Waals surface area contributed by atoms with E-state index in [2.05, 4.69) is 20.9 Å². The Morgan fingerprint density at radius 1 is 1.15 bits per heavy atom. The third-order valence-electron chi connectivity index (χ3n) is 7.00. The smallest absolute Gasteiger partial charge is 0.237 e. The van der Waals surface area contributed by atoms with Crippen molar-refractivity contribution in [2.45, 2.75) is 64.0 Å². The number of hydrogen-bond acceptors (Lipinski definition) is 8. The normalized spacial score (nSPS) is 21.7. The lowest BCUT2D eigenvalue weighted by molar-refractivity contribution is -0.130. The lowest BCUT2D eigenvalue weighted by Gasteiger charge is -2.23. The number of ether oxygens (including phenoxy) is 2. The van der Waals surface area contributed by atoms with E-state index >= 15 is 0 Å². The van der Waals surface area contributed by atoms with Gasteiger partial charge in [0.25, 0.3) is 0 Å². The predicted molar refractivity (Wildman–Crippen MR) is 149 cm³/mol. The molecule has 2 aromatic rings. The fourth-order valence-electron chi connectivity index (χ4n) is 4.86. The van der Waals surface area contributed by atoms with E-state index in [9.17, 15) is 14.4 Å². The van der Waals surface area contributed by atoms with E-state index in [1.807, 2.05) is 35.4 Å². The number of fused-ring (bicyclic) bond motifs is 15.